The first-order chi connectivity index (χ1) is 6.26. The molecule has 1 nitrogen and oxygen atoms in total. The second-order valence-corrected chi connectivity index (χ2v) is 4.24. The lowest BCUT2D eigenvalue weighted by Crippen LogP contribution is -2.18. The molecular weight excluding hydrogens is 158 g/mol. The van der Waals surface area contributed by atoms with Crippen LogP contribution in [0, 0.1) is 5.92 Å². The fraction of sp³-hybridized carbons (Fsp3) is 0.833. The van der Waals surface area contributed by atoms with Gasteiger partial charge in [-0.1, -0.05) is 25.5 Å². The van der Waals surface area contributed by atoms with Crippen LogP contribution in [0.2, 0.25) is 0 Å². The standard InChI is InChI=1S/C12H23N/c1-4-11(5-2)8-10(3)9-13-12-6-7-12/h8,11-13H,4-7,9H2,1-3H3. The van der Waals surface area contributed by atoms with Crippen LogP contribution < -0.4 is 5.32 Å². The van der Waals surface area contributed by atoms with Crippen molar-refractivity contribution in [3.8, 4) is 0 Å². The highest BCUT2D eigenvalue weighted by Crippen LogP contribution is 2.19. The average molecular weight is 181 g/mol. The minimum Gasteiger partial charge on any atom is -0.310 e. The second kappa shape index (κ2) is 5.43. The highest BCUT2D eigenvalue weighted by molar-refractivity contribution is 5.04. The van der Waals surface area contributed by atoms with E-state index in [0.717, 1.165) is 18.5 Å². The van der Waals surface area contributed by atoms with E-state index in [2.05, 4.69) is 32.2 Å². The van der Waals surface area contributed by atoms with E-state index in [0.29, 0.717) is 0 Å². The molecule has 1 fully saturated rings. The normalized spacial score (nSPS) is 18.3. The quantitative estimate of drug-likeness (QED) is 0.621. The van der Waals surface area contributed by atoms with Crippen LogP contribution in [0.1, 0.15) is 46.5 Å². The Balaban J connectivity index is 2.21. The van der Waals surface area contributed by atoms with Gasteiger partial charge in [-0.15, -0.1) is 0 Å². The summed E-state index contributed by atoms with van der Waals surface area (Å²) in [5.41, 5.74) is 1.51. The molecule has 1 rings (SSSR count). The maximum absolute atomic E-state index is 3.54. The summed E-state index contributed by atoms with van der Waals surface area (Å²) in [4.78, 5) is 0. The molecule has 1 heteroatoms. The van der Waals surface area contributed by atoms with Crippen molar-refractivity contribution in [3.63, 3.8) is 0 Å². The number of hydrogen-bond donors (Lipinski definition) is 1. The van der Waals surface area contributed by atoms with E-state index in [9.17, 15) is 0 Å². The molecular formula is C12H23N. The van der Waals surface area contributed by atoms with Gasteiger partial charge in [0.1, 0.15) is 0 Å². The Morgan fingerprint density at radius 3 is 2.46 bits per heavy atom. The SMILES string of the molecule is CCC(C=C(C)CNC1CC1)CC. The molecule has 0 atom stereocenters. The van der Waals surface area contributed by atoms with Crippen LogP contribution in [0.4, 0.5) is 0 Å². The maximum Gasteiger partial charge on any atom is 0.0164 e. The molecule has 0 aromatic rings. The van der Waals surface area contributed by atoms with Gasteiger partial charge in [0.2, 0.25) is 0 Å². The molecule has 0 spiro atoms. The van der Waals surface area contributed by atoms with Crippen LogP contribution in [0.15, 0.2) is 11.6 Å². The van der Waals surface area contributed by atoms with Crippen LogP contribution in [0.25, 0.3) is 0 Å². The molecule has 0 aromatic heterocycles. The van der Waals surface area contributed by atoms with Crippen molar-refractivity contribution in [2.75, 3.05) is 6.54 Å². The lowest BCUT2D eigenvalue weighted by atomic mass is 10.0. The fourth-order valence-electron chi connectivity index (χ4n) is 1.58. The Hall–Kier alpha value is -0.300. The Bertz CT molecular complexity index is 164. The molecule has 0 aromatic carbocycles. The molecule has 0 amide bonds. The largest absolute Gasteiger partial charge is 0.310 e. The van der Waals surface area contributed by atoms with E-state index in [-0.39, 0.29) is 0 Å². The number of nitrogens with one attached hydrogen (secondary N) is 1. The summed E-state index contributed by atoms with van der Waals surface area (Å²) in [6.07, 6.45) is 7.76. The van der Waals surface area contributed by atoms with Crippen molar-refractivity contribution in [1.29, 1.82) is 0 Å². The zero-order valence-electron chi connectivity index (χ0n) is 9.27. The summed E-state index contributed by atoms with van der Waals surface area (Å²) in [5.74, 6) is 0.793. The fourth-order valence-corrected chi connectivity index (χ4v) is 1.58. The van der Waals surface area contributed by atoms with Gasteiger partial charge in [0, 0.05) is 12.6 Å². The highest BCUT2D eigenvalue weighted by Gasteiger charge is 2.19. The number of hydrogen-bond acceptors (Lipinski definition) is 1. The summed E-state index contributed by atoms with van der Waals surface area (Å²) in [7, 11) is 0. The molecule has 0 radical (unpaired) electrons. The van der Waals surface area contributed by atoms with Crippen LogP contribution in [0.5, 0.6) is 0 Å². The van der Waals surface area contributed by atoms with Gasteiger partial charge in [0.15, 0.2) is 0 Å². The summed E-state index contributed by atoms with van der Waals surface area (Å²) in [5, 5.41) is 3.54. The van der Waals surface area contributed by atoms with Crippen molar-refractivity contribution in [1.82, 2.24) is 5.32 Å². The predicted octanol–water partition coefficient (Wildman–Crippen LogP) is 3.12. The molecule has 1 saturated carbocycles. The van der Waals surface area contributed by atoms with Crippen molar-refractivity contribution in [2.24, 2.45) is 5.92 Å². The number of rotatable bonds is 6. The van der Waals surface area contributed by atoms with Gasteiger partial charge < -0.3 is 5.32 Å². The van der Waals surface area contributed by atoms with Crippen molar-refractivity contribution < 1.29 is 0 Å². The third kappa shape index (κ3) is 4.47. The molecule has 0 unspecified atom stereocenters. The van der Waals surface area contributed by atoms with Crippen molar-refractivity contribution in [3.05, 3.63) is 11.6 Å². The maximum atomic E-state index is 3.54. The Labute approximate surface area is 82.6 Å². The number of allylic oxidation sites excluding steroid dienone is 1. The van der Waals surface area contributed by atoms with Crippen molar-refractivity contribution in [2.45, 2.75) is 52.5 Å². The molecule has 13 heavy (non-hydrogen) atoms. The smallest absolute Gasteiger partial charge is 0.0164 e. The van der Waals surface area contributed by atoms with Crippen LogP contribution in [0.3, 0.4) is 0 Å². The third-order valence-electron chi connectivity index (χ3n) is 2.82. The Morgan fingerprint density at radius 1 is 1.38 bits per heavy atom. The van der Waals surface area contributed by atoms with E-state index in [4.69, 9.17) is 0 Å². The van der Waals surface area contributed by atoms with Gasteiger partial charge in [0.05, 0.1) is 0 Å². The first-order valence-electron chi connectivity index (χ1n) is 5.66. The van der Waals surface area contributed by atoms with E-state index in [1.165, 1.54) is 31.3 Å². The molecule has 0 bridgehead atoms. The first-order valence-corrected chi connectivity index (χ1v) is 5.66. The first kappa shape index (κ1) is 10.8. The van der Waals surface area contributed by atoms with Crippen LogP contribution >= 0.6 is 0 Å². The third-order valence-corrected chi connectivity index (χ3v) is 2.82. The summed E-state index contributed by atoms with van der Waals surface area (Å²) < 4.78 is 0. The molecule has 0 aliphatic heterocycles. The van der Waals surface area contributed by atoms with E-state index < -0.39 is 0 Å². The molecule has 0 heterocycles. The zero-order valence-corrected chi connectivity index (χ0v) is 9.27. The molecule has 0 saturated heterocycles. The Morgan fingerprint density at radius 2 is 2.00 bits per heavy atom. The lowest BCUT2D eigenvalue weighted by molar-refractivity contribution is 0.597. The van der Waals surface area contributed by atoms with Crippen LogP contribution in [-0.4, -0.2) is 12.6 Å². The minimum absolute atomic E-state index is 0.793. The lowest BCUT2D eigenvalue weighted by Gasteiger charge is -2.09. The minimum atomic E-state index is 0.793. The highest BCUT2D eigenvalue weighted by atomic mass is 14.9. The van der Waals surface area contributed by atoms with E-state index in [1.54, 1.807) is 0 Å². The average Bonchev–Trinajstić information content (AvgIpc) is 2.94. The van der Waals surface area contributed by atoms with Gasteiger partial charge in [0.25, 0.3) is 0 Å². The van der Waals surface area contributed by atoms with Crippen molar-refractivity contribution >= 4 is 0 Å². The molecule has 76 valence electrons. The molecule has 1 aliphatic carbocycles. The summed E-state index contributed by atoms with van der Waals surface area (Å²) in [6.45, 7) is 7.88. The predicted molar refractivity (Wildman–Crippen MR) is 58.9 cm³/mol. The van der Waals surface area contributed by atoms with E-state index in [1.807, 2.05) is 0 Å². The van der Waals surface area contributed by atoms with Gasteiger partial charge in [-0.05, 0) is 38.5 Å². The van der Waals surface area contributed by atoms with E-state index >= 15 is 0 Å². The van der Waals surface area contributed by atoms with Gasteiger partial charge in [-0.3, -0.25) is 0 Å². The van der Waals surface area contributed by atoms with Gasteiger partial charge in [-0.2, -0.15) is 0 Å². The molecule has 1 N–H and O–H groups in total. The van der Waals surface area contributed by atoms with Crippen LogP contribution in [-0.2, 0) is 0 Å². The summed E-state index contributed by atoms with van der Waals surface area (Å²) in [6, 6.07) is 0.838. The summed E-state index contributed by atoms with van der Waals surface area (Å²) >= 11 is 0. The van der Waals surface area contributed by atoms with Gasteiger partial charge in [-0.25, -0.2) is 0 Å². The zero-order chi connectivity index (χ0) is 9.68. The topological polar surface area (TPSA) is 12.0 Å². The monoisotopic (exact) mass is 181 g/mol. The van der Waals surface area contributed by atoms with Gasteiger partial charge >= 0.3 is 0 Å². The second-order valence-electron chi connectivity index (χ2n) is 4.24. The molecule has 1 aliphatic rings. The Kier molecular flexibility index (Phi) is 4.51.